The van der Waals surface area contributed by atoms with Crippen LogP contribution in [0.15, 0.2) is 17.0 Å². The molecule has 0 aliphatic carbocycles. The predicted octanol–water partition coefficient (Wildman–Crippen LogP) is 2.53. The number of hydrogen-bond acceptors (Lipinski definition) is 5. The molecular formula is C13H18N2O4S. The van der Waals surface area contributed by atoms with Crippen molar-refractivity contribution in [1.82, 2.24) is 10.3 Å². The number of aromatic carboxylic acids is 1. The summed E-state index contributed by atoms with van der Waals surface area (Å²) in [5, 5.41) is 11.5. The number of carbonyl (C=O) groups is 2. The number of aromatic nitrogens is 1. The number of carboxylic acid groups (broad SMARTS) is 1. The van der Waals surface area contributed by atoms with E-state index >= 15 is 0 Å². The molecule has 6 nitrogen and oxygen atoms in total. The molecule has 1 aromatic rings. The lowest BCUT2D eigenvalue weighted by atomic mass is 10.2. The summed E-state index contributed by atoms with van der Waals surface area (Å²) in [7, 11) is 0. The first-order valence-corrected chi connectivity index (χ1v) is 7.19. The third-order valence-corrected chi connectivity index (χ3v) is 2.98. The standard InChI is InChI=1S/C13H18N2O4S/c1-13(2,3)19-12(18)14-7-9-10(20-4)6-5-8(15-9)11(16)17/h5-6H,7H2,1-4H3,(H,14,18)(H,16,17). The van der Waals surface area contributed by atoms with Crippen LogP contribution in [0.4, 0.5) is 4.79 Å². The first-order valence-electron chi connectivity index (χ1n) is 5.97. The molecule has 1 amide bonds. The van der Waals surface area contributed by atoms with Crippen LogP contribution in [0.25, 0.3) is 0 Å². The lowest BCUT2D eigenvalue weighted by Gasteiger charge is -2.19. The summed E-state index contributed by atoms with van der Waals surface area (Å²) in [6, 6.07) is 3.11. The summed E-state index contributed by atoms with van der Waals surface area (Å²) >= 11 is 1.43. The number of amides is 1. The minimum atomic E-state index is -1.10. The van der Waals surface area contributed by atoms with E-state index in [1.165, 1.54) is 17.8 Å². The summed E-state index contributed by atoms with van der Waals surface area (Å²) < 4.78 is 5.11. The summed E-state index contributed by atoms with van der Waals surface area (Å²) in [5.74, 6) is -1.10. The zero-order valence-electron chi connectivity index (χ0n) is 11.9. The second-order valence-corrected chi connectivity index (χ2v) is 5.85. The average Bonchev–Trinajstić information content (AvgIpc) is 2.33. The molecule has 0 saturated heterocycles. The van der Waals surface area contributed by atoms with E-state index < -0.39 is 17.7 Å². The fourth-order valence-corrected chi connectivity index (χ4v) is 1.95. The smallest absolute Gasteiger partial charge is 0.407 e. The fraction of sp³-hybridized carbons (Fsp3) is 0.462. The Bertz CT molecular complexity index is 512. The molecule has 0 aliphatic heterocycles. The normalized spacial score (nSPS) is 11.0. The summed E-state index contributed by atoms with van der Waals surface area (Å²) in [5.41, 5.74) is -0.130. The number of alkyl carbamates (subject to hydrolysis) is 1. The summed E-state index contributed by atoms with van der Waals surface area (Å²) in [6.07, 6.45) is 1.29. The van der Waals surface area contributed by atoms with Crippen LogP contribution in [0.3, 0.4) is 0 Å². The Morgan fingerprint density at radius 3 is 2.55 bits per heavy atom. The van der Waals surface area contributed by atoms with Gasteiger partial charge in [0.05, 0.1) is 12.2 Å². The van der Waals surface area contributed by atoms with Crippen molar-refractivity contribution >= 4 is 23.8 Å². The fourth-order valence-electron chi connectivity index (χ4n) is 1.39. The van der Waals surface area contributed by atoms with Crippen LogP contribution in [0, 0.1) is 0 Å². The number of hydrogen-bond donors (Lipinski definition) is 2. The molecule has 0 bridgehead atoms. The van der Waals surface area contributed by atoms with Gasteiger partial charge in [-0.15, -0.1) is 11.8 Å². The summed E-state index contributed by atoms with van der Waals surface area (Å²) in [4.78, 5) is 27.3. The van der Waals surface area contributed by atoms with E-state index in [2.05, 4.69) is 10.3 Å². The van der Waals surface area contributed by atoms with Gasteiger partial charge in [0.25, 0.3) is 0 Å². The largest absolute Gasteiger partial charge is 0.477 e. The Hall–Kier alpha value is -1.76. The first-order chi connectivity index (χ1) is 9.23. The van der Waals surface area contributed by atoms with Crippen LogP contribution in [-0.4, -0.2) is 34.0 Å². The van der Waals surface area contributed by atoms with Crippen LogP contribution >= 0.6 is 11.8 Å². The Kier molecular flexibility index (Phi) is 5.38. The highest BCUT2D eigenvalue weighted by atomic mass is 32.2. The molecule has 1 rings (SSSR count). The molecule has 110 valence electrons. The third kappa shape index (κ3) is 5.08. The number of nitrogens with one attached hydrogen (secondary N) is 1. The first kappa shape index (κ1) is 16.3. The van der Waals surface area contributed by atoms with Gasteiger partial charge >= 0.3 is 12.1 Å². The van der Waals surface area contributed by atoms with Crippen molar-refractivity contribution < 1.29 is 19.4 Å². The number of carbonyl (C=O) groups excluding carboxylic acids is 1. The lowest BCUT2D eigenvalue weighted by molar-refractivity contribution is 0.0522. The molecule has 0 unspecified atom stereocenters. The lowest BCUT2D eigenvalue weighted by Crippen LogP contribution is -2.32. The van der Waals surface area contributed by atoms with Gasteiger partial charge in [0.2, 0.25) is 0 Å². The number of pyridine rings is 1. The number of rotatable bonds is 4. The molecule has 1 aromatic heterocycles. The van der Waals surface area contributed by atoms with Gasteiger partial charge in [0, 0.05) is 4.90 Å². The minimum absolute atomic E-state index is 0.0520. The number of nitrogens with zero attached hydrogens (tertiary/aromatic N) is 1. The van der Waals surface area contributed by atoms with Gasteiger partial charge in [0.15, 0.2) is 0 Å². The molecule has 1 heterocycles. The third-order valence-electron chi connectivity index (χ3n) is 2.17. The maximum Gasteiger partial charge on any atom is 0.407 e. The van der Waals surface area contributed by atoms with E-state index in [0.29, 0.717) is 5.69 Å². The van der Waals surface area contributed by atoms with Crippen molar-refractivity contribution in [2.45, 2.75) is 37.8 Å². The van der Waals surface area contributed by atoms with E-state index in [0.717, 1.165) is 4.90 Å². The minimum Gasteiger partial charge on any atom is -0.477 e. The van der Waals surface area contributed by atoms with Crippen molar-refractivity contribution in [3.63, 3.8) is 0 Å². The average molecular weight is 298 g/mol. The monoisotopic (exact) mass is 298 g/mol. The molecule has 7 heteroatoms. The number of ether oxygens (including phenoxy) is 1. The topological polar surface area (TPSA) is 88.5 Å². The number of carboxylic acids is 1. The molecule has 2 N–H and O–H groups in total. The van der Waals surface area contributed by atoms with Gasteiger partial charge in [-0.1, -0.05) is 0 Å². The Labute approximate surface area is 121 Å². The van der Waals surface area contributed by atoms with E-state index in [-0.39, 0.29) is 12.2 Å². The molecule has 0 aliphatic rings. The van der Waals surface area contributed by atoms with Crippen LogP contribution in [0.2, 0.25) is 0 Å². The molecule has 0 saturated carbocycles. The van der Waals surface area contributed by atoms with Gasteiger partial charge in [-0.3, -0.25) is 0 Å². The summed E-state index contributed by atoms with van der Waals surface area (Å²) in [6.45, 7) is 5.42. The Morgan fingerprint density at radius 2 is 2.05 bits per heavy atom. The van der Waals surface area contributed by atoms with Crippen molar-refractivity contribution in [2.75, 3.05) is 6.26 Å². The molecule has 0 aromatic carbocycles. The molecular weight excluding hydrogens is 280 g/mol. The SMILES string of the molecule is CSc1ccc(C(=O)O)nc1CNC(=O)OC(C)(C)C. The van der Waals surface area contributed by atoms with Gasteiger partial charge < -0.3 is 15.2 Å². The van der Waals surface area contributed by atoms with E-state index in [9.17, 15) is 9.59 Å². The highest BCUT2D eigenvalue weighted by Crippen LogP contribution is 2.19. The van der Waals surface area contributed by atoms with E-state index in [4.69, 9.17) is 9.84 Å². The van der Waals surface area contributed by atoms with Crippen molar-refractivity contribution in [3.8, 4) is 0 Å². The van der Waals surface area contributed by atoms with Crippen molar-refractivity contribution in [2.24, 2.45) is 0 Å². The zero-order valence-corrected chi connectivity index (χ0v) is 12.7. The Morgan fingerprint density at radius 1 is 1.40 bits per heavy atom. The molecule has 0 fully saturated rings. The van der Waals surface area contributed by atoms with Gasteiger partial charge in [-0.2, -0.15) is 0 Å². The molecule has 0 spiro atoms. The van der Waals surface area contributed by atoms with Crippen LogP contribution in [0.1, 0.15) is 37.0 Å². The van der Waals surface area contributed by atoms with Crippen LogP contribution in [-0.2, 0) is 11.3 Å². The molecule has 20 heavy (non-hydrogen) atoms. The highest BCUT2D eigenvalue weighted by molar-refractivity contribution is 7.98. The Balaban J connectivity index is 2.78. The van der Waals surface area contributed by atoms with Gasteiger partial charge in [-0.25, -0.2) is 14.6 Å². The quantitative estimate of drug-likeness (QED) is 0.830. The van der Waals surface area contributed by atoms with Gasteiger partial charge in [-0.05, 0) is 39.2 Å². The van der Waals surface area contributed by atoms with Crippen LogP contribution in [0.5, 0.6) is 0 Å². The van der Waals surface area contributed by atoms with E-state index in [1.54, 1.807) is 26.8 Å². The molecule has 0 radical (unpaired) electrons. The zero-order chi connectivity index (χ0) is 15.3. The highest BCUT2D eigenvalue weighted by Gasteiger charge is 2.17. The van der Waals surface area contributed by atoms with E-state index in [1.807, 2.05) is 6.26 Å². The van der Waals surface area contributed by atoms with Crippen molar-refractivity contribution in [1.29, 1.82) is 0 Å². The second kappa shape index (κ2) is 6.60. The van der Waals surface area contributed by atoms with Crippen LogP contribution < -0.4 is 5.32 Å². The maximum atomic E-state index is 11.6. The second-order valence-electron chi connectivity index (χ2n) is 5.01. The van der Waals surface area contributed by atoms with Crippen molar-refractivity contribution in [3.05, 3.63) is 23.5 Å². The molecule has 0 atom stereocenters. The predicted molar refractivity (Wildman–Crippen MR) is 76.1 cm³/mol. The number of thioether (sulfide) groups is 1. The maximum absolute atomic E-state index is 11.6. The van der Waals surface area contributed by atoms with Gasteiger partial charge in [0.1, 0.15) is 11.3 Å².